The van der Waals surface area contributed by atoms with E-state index in [1.165, 1.54) is 0 Å². The van der Waals surface area contributed by atoms with E-state index in [0.29, 0.717) is 25.6 Å². The predicted octanol–water partition coefficient (Wildman–Crippen LogP) is 2.80. The van der Waals surface area contributed by atoms with Crippen LogP contribution in [-0.4, -0.2) is 24.2 Å². The van der Waals surface area contributed by atoms with Crippen molar-refractivity contribution in [2.75, 3.05) is 13.2 Å². The summed E-state index contributed by atoms with van der Waals surface area (Å²) in [6, 6.07) is 11.2. The summed E-state index contributed by atoms with van der Waals surface area (Å²) in [5, 5.41) is 5.87. The van der Waals surface area contributed by atoms with E-state index in [0.717, 1.165) is 23.3 Å². The largest absolute Gasteiger partial charge is 0.493 e. The molecule has 24 heavy (non-hydrogen) atoms. The molecule has 2 aromatic rings. The van der Waals surface area contributed by atoms with Gasteiger partial charge in [0.05, 0.1) is 19.3 Å². The number of fused-ring (bicyclic) bond motifs is 1. The Morgan fingerprint density at radius 2 is 2.21 bits per heavy atom. The minimum absolute atomic E-state index is 0.0461. The number of carbonyl (C=O) groups excluding carboxylic acids is 1. The van der Waals surface area contributed by atoms with E-state index in [1.807, 2.05) is 43.3 Å². The number of benzene rings is 1. The maximum atomic E-state index is 12.2. The average molecular weight is 327 g/mol. The van der Waals surface area contributed by atoms with E-state index in [-0.39, 0.29) is 12.1 Å². The molecule has 6 nitrogen and oxygen atoms in total. The second-order valence-electron chi connectivity index (χ2n) is 5.46. The van der Waals surface area contributed by atoms with E-state index in [1.54, 1.807) is 6.20 Å². The van der Waals surface area contributed by atoms with Crippen LogP contribution < -0.4 is 20.1 Å². The summed E-state index contributed by atoms with van der Waals surface area (Å²) in [5.41, 5.74) is 1.86. The van der Waals surface area contributed by atoms with Gasteiger partial charge in [-0.1, -0.05) is 24.3 Å². The fourth-order valence-corrected chi connectivity index (χ4v) is 2.70. The first kappa shape index (κ1) is 16.1. The fourth-order valence-electron chi connectivity index (χ4n) is 2.70. The van der Waals surface area contributed by atoms with E-state index >= 15 is 0 Å². The number of amides is 2. The SMILES string of the molecule is CCOc1ncccc1CNC(=O)N[C@@H]1CCOc2ccccc21. The number of nitrogens with zero attached hydrogens (tertiary/aromatic N) is 1. The van der Waals surface area contributed by atoms with Gasteiger partial charge in [0, 0.05) is 30.3 Å². The van der Waals surface area contributed by atoms with E-state index in [4.69, 9.17) is 9.47 Å². The number of hydrogen-bond acceptors (Lipinski definition) is 4. The molecule has 1 aliphatic heterocycles. The standard InChI is InChI=1S/C18H21N3O3/c1-2-23-17-13(6-5-10-19-17)12-20-18(22)21-15-9-11-24-16-8-4-3-7-14(15)16/h3-8,10,15H,2,9,11-12H2,1H3,(H2,20,21,22)/t15-/m1/s1. The molecule has 0 spiro atoms. The Morgan fingerprint density at radius 3 is 3.08 bits per heavy atom. The van der Waals surface area contributed by atoms with Crippen molar-refractivity contribution in [2.45, 2.75) is 25.9 Å². The van der Waals surface area contributed by atoms with Crippen molar-refractivity contribution in [3.63, 3.8) is 0 Å². The summed E-state index contributed by atoms with van der Waals surface area (Å²) in [5.74, 6) is 1.39. The van der Waals surface area contributed by atoms with Gasteiger partial charge in [-0.25, -0.2) is 9.78 Å². The molecule has 0 fully saturated rings. The molecule has 2 heterocycles. The van der Waals surface area contributed by atoms with Crippen molar-refractivity contribution >= 4 is 6.03 Å². The molecular weight excluding hydrogens is 306 g/mol. The highest BCUT2D eigenvalue weighted by molar-refractivity contribution is 5.74. The molecule has 2 amide bonds. The third-order valence-electron chi connectivity index (χ3n) is 3.83. The van der Waals surface area contributed by atoms with Crippen molar-refractivity contribution in [2.24, 2.45) is 0 Å². The second-order valence-corrected chi connectivity index (χ2v) is 5.46. The highest BCUT2D eigenvalue weighted by Crippen LogP contribution is 2.31. The molecule has 0 radical (unpaired) electrons. The zero-order valence-corrected chi connectivity index (χ0v) is 13.6. The number of hydrogen-bond donors (Lipinski definition) is 2. The minimum atomic E-state index is -0.219. The topological polar surface area (TPSA) is 72.5 Å². The van der Waals surface area contributed by atoms with Crippen LogP contribution in [0.2, 0.25) is 0 Å². The first-order valence-corrected chi connectivity index (χ1v) is 8.10. The van der Waals surface area contributed by atoms with Crippen molar-refractivity contribution in [3.8, 4) is 11.6 Å². The molecule has 3 rings (SSSR count). The van der Waals surface area contributed by atoms with Crippen LogP contribution in [0.15, 0.2) is 42.6 Å². The van der Waals surface area contributed by atoms with Gasteiger partial charge in [0.15, 0.2) is 0 Å². The van der Waals surface area contributed by atoms with E-state index < -0.39 is 0 Å². The van der Waals surface area contributed by atoms with Crippen molar-refractivity contribution < 1.29 is 14.3 Å². The van der Waals surface area contributed by atoms with Crippen LogP contribution >= 0.6 is 0 Å². The molecule has 0 saturated heterocycles. The average Bonchev–Trinajstić information content (AvgIpc) is 2.62. The van der Waals surface area contributed by atoms with Crippen molar-refractivity contribution in [3.05, 3.63) is 53.7 Å². The molecule has 1 aliphatic rings. The van der Waals surface area contributed by atoms with Crippen molar-refractivity contribution in [1.29, 1.82) is 0 Å². The number of nitrogens with one attached hydrogen (secondary N) is 2. The Hall–Kier alpha value is -2.76. The van der Waals surface area contributed by atoms with E-state index in [9.17, 15) is 4.79 Å². The summed E-state index contributed by atoms with van der Waals surface area (Å²) in [6.07, 6.45) is 2.43. The Morgan fingerprint density at radius 1 is 1.33 bits per heavy atom. The van der Waals surface area contributed by atoms with Crippen LogP contribution in [-0.2, 0) is 6.54 Å². The Balaban J connectivity index is 1.59. The van der Waals surface area contributed by atoms with Crippen LogP contribution in [0, 0.1) is 0 Å². The highest BCUT2D eigenvalue weighted by Gasteiger charge is 2.22. The monoisotopic (exact) mass is 327 g/mol. The Kier molecular flexibility index (Phi) is 5.15. The van der Waals surface area contributed by atoms with E-state index in [2.05, 4.69) is 15.6 Å². The fraction of sp³-hybridized carbons (Fsp3) is 0.333. The molecule has 0 saturated carbocycles. The number of para-hydroxylation sites is 1. The highest BCUT2D eigenvalue weighted by atomic mass is 16.5. The van der Waals surface area contributed by atoms with Crippen LogP contribution in [0.5, 0.6) is 11.6 Å². The number of pyridine rings is 1. The lowest BCUT2D eigenvalue weighted by Gasteiger charge is -2.26. The third-order valence-corrected chi connectivity index (χ3v) is 3.83. The minimum Gasteiger partial charge on any atom is -0.493 e. The zero-order chi connectivity index (χ0) is 16.8. The summed E-state index contributed by atoms with van der Waals surface area (Å²) in [7, 11) is 0. The lowest BCUT2D eigenvalue weighted by Crippen LogP contribution is -2.39. The normalized spacial score (nSPS) is 15.8. The van der Waals surface area contributed by atoms with Gasteiger partial charge in [0.2, 0.25) is 5.88 Å². The molecule has 1 aromatic carbocycles. The van der Waals surface area contributed by atoms with Crippen LogP contribution in [0.1, 0.15) is 30.5 Å². The summed E-state index contributed by atoms with van der Waals surface area (Å²) < 4.78 is 11.1. The molecule has 126 valence electrons. The number of aromatic nitrogens is 1. The zero-order valence-electron chi connectivity index (χ0n) is 13.6. The van der Waals surface area contributed by atoms with Gasteiger partial charge in [-0.2, -0.15) is 0 Å². The van der Waals surface area contributed by atoms with Gasteiger partial charge in [0.25, 0.3) is 0 Å². The lowest BCUT2D eigenvalue weighted by molar-refractivity contribution is 0.223. The quantitative estimate of drug-likeness (QED) is 0.886. The molecular formula is C18H21N3O3. The first-order chi connectivity index (χ1) is 11.8. The lowest BCUT2D eigenvalue weighted by atomic mass is 10.0. The summed E-state index contributed by atoms with van der Waals surface area (Å²) in [4.78, 5) is 16.4. The first-order valence-electron chi connectivity index (χ1n) is 8.10. The van der Waals surface area contributed by atoms with Gasteiger partial charge in [-0.05, 0) is 19.1 Å². The van der Waals surface area contributed by atoms with Gasteiger partial charge in [-0.15, -0.1) is 0 Å². The smallest absolute Gasteiger partial charge is 0.315 e. The van der Waals surface area contributed by atoms with Gasteiger partial charge in [0.1, 0.15) is 5.75 Å². The van der Waals surface area contributed by atoms with Gasteiger partial charge < -0.3 is 20.1 Å². The molecule has 0 unspecified atom stereocenters. The van der Waals surface area contributed by atoms with Crippen LogP contribution in [0.3, 0.4) is 0 Å². The Labute approximate surface area is 141 Å². The number of urea groups is 1. The van der Waals surface area contributed by atoms with Crippen LogP contribution in [0.25, 0.3) is 0 Å². The van der Waals surface area contributed by atoms with Crippen LogP contribution in [0.4, 0.5) is 4.79 Å². The maximum absolute atomic E-state index is 12.2. The van der Waals surface area contributed by atoms with Gasteiger partial charge >= 0.3 is 6.03 Å². The molecule has 1 aromatic heterocycles. The number of rotatable bonds is 5. The molecule has 0 aliphatic carbocycles. The molecule has 6 heteroatoms. The molecule has 0 bridgehead atoms. The number of carbonyl (C=O) groups is 1. The maximum Gasteiger partial charge on any atom is 0.315 e. The van der Waals surface area contributed by atoms with Gasteiger partial charge in [-0.3, -0.25) is 0 Å². The predicted molar refractivity (Wildman–Crippen MR) is 90.1 cm³/mol. The summed E-state index contributed by atoms with van der Waals surface area (Å²) in [6.45, 7) is 3.40. The number of ether oxygens (including phenoxy) is 2. The van der Waals surface area contributed by atoms with Crippen molar-refractivity contribution in [1.82, 2.24) is 15.6 Å². The second kappa shape index (κ2) is 7.68. The molecule has 2 N–H and O–H groups in total. The third kappa shape index (κ3) is 3.76. The molecule has 1 atom stereocenters. The summed E-state index contributed by atoms with van der Waals surface area (Å²) >= 11 is 0. The Bertz CT molecular complexity index is 705.